The van der Waals surface area contributed by atoms with E-state index in [1.54, 1.807) is 0 Å². The van der Waals surface area contributed by atoms with Crippen LogP contribution < -0.4 is 5.32 Å². The Balaban J connectivity index is 1.46. The number of nitrogens with zero attached hydrogens (tertiary/aromatic N) is 2. The summed E-state index contributed by atoms with van der Waals surface area (Å²) in [6.45, 7) is 5.14. The molecule has 0 radical (unpaired) electrons. The van der Waals surface area contributed by atoms with E-state index in [1.165, 1.54) is 0 Å². The number of hydrogen-bond acceptors (Lipinski definition) is 2. The monoisotopic (exact) mass is 321 g/mol. The Morgan fingerprint density at radius 2 is 1.83 bits per heavy atom. The van der Waals surface area contributed by atoms with Crippen molar-refractivity contribution in [2.24, 2.45) is 0 Å². The number of benzene rings is 2. The summed E-state index contributed by atoms with van der Waals surface area (Å²) in [6, 6.07) is 19.2. The Morgan fingerprint density at radius 3 is 2.54 bits per heavy atom. The largest absolute Gasteiger partial charge is 0.322 e. The summed E-state index contributed by atoms with van der Waals surface area (Å²) < 4.78 is 0. The van der Waals surface area contributed by atoms with Gasteiger partial charge in [-0.3, -0.25) is 4.90 Å². The highest BCUT2D eigenvalue weighted by molar-refractivity contribution is 5.90. The number of likely N-dealkylation sites (tertiary alicyclic amines) is 2. The molecule has 0 aliphatic carbocycles. The van der Waals surface area contributed by atoms with Crippen molar-refractivity contribution in [3.8, 4) is 11.1 Å². The van der Waals surface area contributed by atoms with Crippen molar-refractivity contribution < 1.29 is 4.79 Å². The highest BCUT2D eigenvalue weighted by atomic mass is 16.2. The Labute approximate surface area is 143 Å². The van der Waals surface area contributed by atoms with Crippen LogP contribution in [0.5, 0.6) is 0 Å². The van der Waals surface area contributed by atoms with E-state index in [1.807, 2.05) is 41.3 Å². The summed E-state index contributed by atoms with van der Waals surface area (Å²) in [4.78, 5) is 17.1. The van der Waals surface area contributed by atoms with E-state index in [2.05, 4.69) is 35.3 Å². The lowest BCUT2D eigenvalue weighted by Crippen LogP contribution is -2.49. The molecule has 0 unspecified atom stereocenters. The van der Waals surface area contributed by atoms with Crippen LogP contribution in [-0.2, 0) is 0 Å². The summed E-state index contributed by atoms with van der Waals surface area (Å²) in [5.41, 5.74) is 3.14. The first-order valence-electron chi connectivity index (χ1n) is 8.71. The van der Waals surface area contributed by atoms with Gasteiger partial charge in [0, 0.05) is 30.9 Å². The quantitative estimate of drug-likeness (QED) is 0.936. The minimum absolute atomic E-state index is 0.0310. The third-order valence-electron chi connectivity index (χ3n) is 5.24. The predicted octanol–water partition coefficient (Wildman–Crippen LogP) is 3.66. The number of rotatable bonds is 3. The van der Waals surface area contributed by atoms with Crippen molar-refractivity contribution in [1.29, 1.82) is 0 Å². The topological polar surface area (TPSA) is 35.6 Å². The van der Waals surface area contributed by atoms with Crippen LogP contribution in [0.2, 0.25) is 0 Å². The average molecular weight is 321 g/mol. The van der Waals surface area contributed by atoms with Crippen LogP contribution in [0.25, 0.3) is 11.1 Å². The van der Waals surface area contributed by atoms with E-state index in [0.717, 1.165) is 42.9 Å². The van der Waals surface area contributed by atoms with Crippen molar-refractivity contribution in [1.82, 2.24) is 9.80 Å². The molecule has 0 saturated carbocycles. The number of amides is 2. The Kier molecular flexibility index (Phi) is 3.98. The zero-order valence-corrected chi connectivity index (χ0v) is 14.0. The van der Waals surface area contributed by atoms with Crippen molar-refractivity contribution in [2.45, 2.75) is 25.4 Å². The molecule has 4 heteroatoms. The van der Waals surface area contributed by atoms with E-state index < -0.39 is 0 Å². The maximum atomic E-state index is 12.6. The number of urea groups is 1. The number of hydrogen-bond donors (Lipinski definition) is 1. The van der Waals surface area contributed by atoms with Gasteiger partial charge >= 0.3 is 6.03 Å². The van der Waals surface area contributed by atoms with Gasteiger partial charge in [-0.15, -0.1) is 0 Å². The predicted molar refractivity (Wildman–Crippen MR) is 97.0 cm³/mol. The van der Waals surface area contributed by atoms with Gasteiger partial charge in [-0.2, -0.15) is 0 Å². The summed E-state index contributed by atoms with van der Waals surface area (Å²) in [5.74, 6) is 0. The lowest BCUT2D eigenvalue weighted by atomic mass is 10.1. The molecule has 2 aromatic rings. The fourth-order valence-electron chi connectivity index (χ4n) is 3.99. The summed E-state index contributed by atoms with van der Waals surface area (Å²) in [5, 5.41) is 3.08. The minimum Gasteiger partial charge on any atom is -0.319 e. The Morgan fingerprint density at radius 1 is 1.04 bits per heavy atom. The molecule has 2 saturated heterocycles. The number of nitrogens with one attached hydrogen (secondary N) is 1. The molecule has 2 heterocycles. The van der Waals surface area contributed by atoms with E-state index >= 15 is 0 Å². The first kappa shape index (κ1) is 15.2. The van der Waals surface area contributed by atoms with Gasteiger partial charge in [0.1, 0.15) is 0 Å². The van der Waals surface area contributed by atoms with Gasteiger partial charge in [-0.05, 0) is 36.2 Å². The Bertz CT molecular complexity index is 731. The van der Waals surface area contributed by atoms with E-state index in [-0.39, 0.29) is 6.03 Å². The lowest BCUT2D eigenvalue weighted by Gasteiger charge is -2.33. The van der Waals surface area contributed by atoms with Gasteiger partial charge < -0.3 is 10.2 Å². The summed E-state index contributed by atoms with van der Waals surface area (Å²) >= 11 is 0. The van der Waals surface area contributed by atoms with Gasteiger partial charge in [0.25, 0.3) is 0 Å². The van der Waals surface area contributed by atoms with Crippen molar-refractivity contribution >= 4 is 11.7 Å². The number of anilines is 1. The minimum atomic E-state index is 0.0310. The Hall–Kier alpha value is -2.33. The van der Waals surface area contributed by atoms with Crippen LogP contribution in [-0.4, -0.2) is 47.5 Å². The lowest BCUT2D eigenvalue weighted by molar-refractivity contribution is 0.148. The maximum absolute atomic E-state index is 12.6. The second kappa shape index (κ2) is 6.29. The molecule has 2 aliphatic heterocycles. The molecule has 1 N–H and O–H groups in total. The molecular formula is C20H23N3O. The molecule has 0 aromatic heterocycles. The van der Waals surface area contributed by atoms with Crippen LogP contribution in [0.1, 0.15) is 13.3 Å². The van der Waals surface area contributed by atoms with Crippen molar-refractivity contribution in [3.05, 3.63) is 54.6 Å². The first-order chi connectivity index (χ1) is 11.7. The fraction of sp³-hybridized carbons (Fsp3) is 0.350. The normalized spacial score (nSPS) is 22.8. The van der Waals surface area contributed by atoms with Crippen LogP contribution in [0.3, 0.4) is 0 Å². The highest BCUT2D eigenvalue weighted by Crippen LogP contribution is 2.31. The average Bonchev–Trinajstić information content (AvgIpc) is 3.23. The molecule has 0 spiro atoms. The molecule has 4 rings (SSSR count). The molecular weight excluding hydrogens is 298 g/mol. The van der Waals surface area contributed by atoms with Gasteiger partial charge in [-0.25, -0.2) is 4.79 Å². The third kappa shape index (κ3) is 2.78. The number of carbonyl (C=O) groups is 1. The maximum Gasteiger partial charge on any atom is 0.322 e. The molecule has 4 nitrogen and oxygen atoms in total. The molecule has 2 aliphatic rings. The van der Waals surface area contributed by atoms with Crippen LogP contribution in [0, 0.1) is 0 Å². The molecule has 2 atom stereocenters. The number of fused-ring (bicyclic) bond motifs is 2. The smallest absolute Gasteiger partial charge is 0.319 e. The van der Waals surface area contributed by atoms with Crippen LogP contribution in [0.4, 0.5) is 10.5 Å². The van der Waals surface area contributed by atoms with Gasteiger partial charge in [0.15, 0.2) is 0 Å². The molecule has 124 valence electrons. The summed E-state index contributed by atoms with van der Waals surface area (Å²) in [6.07, 6.45) is 1.12. The number of carbonyl (C=O) groups excluding carboxylic acids is 1. The highest BCUT2D eigenvalue weighted by Gasteiger charge is 2.44. The van der Waals surface area contributed by atoms with E-state index in [0.29, 0.717) is 12.1 Å². The second-order valence-corrected chi connectivity index (χ2v) is 6.66. The molecule has 24 heavy (non-hydrogen) atoms. The first-order valence-corrected chi connectivity index (χ1v) is 8.71. The fourth-order valence-corrected chi connectivity index (χ4v) is 3.99. The van der Waals surface area contributed by atoms with E-state index in [4.69, 9.17) is 0 Å². The molecule has 2 aromatic carbocycles. The standard InChI is InChI=1S/C20H23N3O/c1-2-22-13-19-12-18(22)14-23(19)20(24)21-17-10-6-9-16(11-17)15-7-4-3-5-8-15/h3-11,18-19H,2,12-14H2,1H3,(H,21,24)/t18-,19-/m0/s1. The number of likely N-dealkylation sites (N-methyl/N-ethyl adjacent to an activating group) is 1. The third-order valence-corrected chi connectivity index (χ3v) is 5.24. The van der Waals surface area contributed by atoms with Crippen molar-refractivity contribution in [2.75, 3.05) is 25.0 Å². The van der Waals surface area contributed by atoms with Crippen molar-refractivity contribution in [3.63, 3.8) is 0 Å². The van der Waals surface area contributed by atoms with Crippen LogP contribution >= 0.6 is 0 Å². The molecule has 2 fully saturated rings. The van der Waals surface area contributed by atoms with Gasteiger partial charge in [-0.1, -0.05) is 49.4 Å². The zero-order valence-electron chi connectivity index (χ0n) is 14.0. The number of piperazine rings is 1. The summed E-state index contributed by atoms with van der Waals surface area (Å²) in [7, 11) is 0. The van der Waals surface area contributed by atoms with Gasteiger partial charge in [0.2, 0.25) is 0 Å². The SMILES string of the molecule is CCN1C[C@@H]2C[C@H]1CN2C(=O)Nc1cccc(-c2ccccc2)c1. The van der Waals surface area contributed by atoms with E-state index in [9.17, 15) is 4.79 Å². The second-order valence-electron chi connectivity index (χ2n) is 6.66. The molecule has 2 amide bonds. The zero-order chi connectivity index (χ0) is 16.5. The molecule has 2 bridgehead atoms. The van der Waals surface area contributed by atoms with Crippen LogP contribution in [0.15, 0.2) is 54.6 Å². The van der Waals surface area contributed by atoms with Gasteiger partial charge in [0.05, 0.1) is 0 Å².